The van der Waals surface area contributed by atoms with Gasteiger partial charge in [-0.15, -0.1) is 11.8 Å². The summed E-state index contributed by atoms with van der Waals surface area (Å²) in [6, 6.07) is -0.132. The zero-order valence-corrected chi connectivity index (χ0v) is 9.54. The molecule has 2 heterocycles. The van der Waals surface area contributed by atoms with E-state index in [1.165, 1.54) is 0 Å². The lowest BCUT2D eigenvalue weighted by molar-refractivity contribution is -0.141. The molecule has 4 nitrogen and oxygen atoms in total. The van der Waals surface area contributed by atoms with Crippen LogP contribution < -0.4 is 0 Å². The zero-order valence-electron chi connectivity index (χ0n) is 8.72. The first kappa shape index (κ1) is 11.2. The van der Waals surface area contributed by atoms with Crippen molar-refractivity contribution in [3.8, 4) is 0 Å². The highest BCUT2D eigenvalue weighted by Crippen LogP contribution is 2.28. The molecule has 0 bridgehead atoms. The maximum absolute atomic E-state index is 12.1. The molecule has 0 aromatic heterocycles. The molecule has 2 aliphatic heterocycles. The highest BCUT2D eigenvalue weighted by Gasteiger charge is 2.33. The van der Waals surface area contributed by atoms with E-state index >= 15 is 0 Å². The maximum Gasteiger partial charge on any atom is 0.236 e. The van der Waals surface area contributed by atoms with Crippen molar-refractivity contribution in [2.45, 2.75) is 24.1 Å². The van der Waals surface area contributed by atoms with E-state index in [1.54, 1.807) is 16.7 Å². The second kappa shape index (κ2) is 5.18. The Hall–Kier alpha value is -0.260. The van der Waals surface area contributed by atoms with Crippen LogP contribution in [-0.4, -0.2) is 59.3 Å². The van der Waals surface area contributed by atoms with Gasteiger partial charge in [-0.1, -0.05) is 0 Å². The Kier molecular flexibility index (Phi) is 3.88. The van der Waals surface area contributed by atoms with Crippen LogP contribution in [0.4, 0.5) is 0 Å². The summed E-state index contributed by atoms with van der Waals surface area (Å²) < 4.78 is 5.26. The zero-order chi connectivity index (χ0) is 10.7. The predicted octanol–water partition coefficient (Wildman–Crippen LogP) is 0.102. The van der Waals surface area contributed by atoms with Gasteiger partial charge in [-0.05, 0) is 18.6 Å². The number of rotatable bonds is 2. The van der Waals surface area contributed by atoms with Gasteiger partial charge in [0.15, 0.2) is 0 Å². The van der Waals surface area contributed by atoms with Crippen molar-refractivity contribution in [3.63, 3.8) is 0 Å². The quantitative estimate of drug-likeness (QED) is 0.732. The normalized spacial score (nSPS) is 31.9. The topological polar surface area (TPSA) is 49.8 Å². The summed E-state index contributed by atoms with van der Waals surface area (Å²) >= 11 is 1.74. The number of morpholine rings is 1. The van der Waals surface area contributed by atoms with Gasteiger partial charge in [0, 0.05) is 6.54 Å². The number of hydrogen-bond donors (Lipinski definition) is 1. The van der Waals surface area contributed by atoms with E-state index in [-0.39, 0.29) is 23.8 Å². The number of nitrogens with zero attached hydrogens (tertiary/aromatic N) is 1. The van der Waals surface area contributed by atoms with Gasteiger partial charge >= 0.3 is 0 Å². The first-order valence-electron chi connectivity index (χ1n) is 5.43. The van der Waals surface area contributed by atoms with Crippen LogP contribution in [0.15, 0.2) is 0 Å². The summed E-state index contributed by atoms with van der Waals surface area (Å²) in [5.74, 6) is 1.28. The van der Waals surface area contributed by atoms with Crippen molar-refractivity contribution in [3.05, 3.63) is 0 Å². The van der Waals surface area contributed by atoms with Gasteiger partial charge in [-0.3, -0.25) is 4.79 Å². The van der Waals surface area contributed by atoms with Crippen LogP contribution in [0, 0.1) is 0 Å². The minimum Gasteiger partial charge on any atom is -0.394 e. The summed E-state index contributed by atoms with van der Waals surface area (Å²) in [6.45, 7) is 1.70. The van der Waals surface area contributed by atoms with Gasteiger partial charge in [-0.2, -0.15) is 0 Å². The first-order valence-corrected chi connectivity index (χ1v) is 6.48. The molecule has 2 saturated heterocycles. The summed E-state index contributed by atoms with van der Waals surface area (Å²) in [5, 5.41) is 9.29. The smallest absolute Gasteiger partial charge is 0.236 e. The van der Waals surface area contributed by atoms with E-state index in [9.17, 15) is 9.90 Å². The molecule has 2 rings (SSSR count). The molecule has 15 heavy (non-hydrogen) atoms. The Labute approximate surface area is 94.0 Å². The average Bonchev–Trinajstić information content (AvgIpc) is 2.81. The van der Waals surface area contributed by atoms with Crippen LogP contribution in [0.25, 0.3) is 0 Å². The number of amides is 1. The number of carbonyl (C=O) groups excluding carboxylic acids is 1. The third-order valence-corrected chi connectivity index (χ3v) is 4.29. The molecular formula is C10H17NO3S. The Balaban J connectivity index is 1.96. The minimum absolute atomic E-state index is 0.00310. The van der Waals surface area contributed by atoms with Gasteiger partial charge in [-0.25, -0.2) is 0 Å². The van der Waals surface area contributed by atoms with E-state index in [1.807, 2.05) is 0 Å². The molecule has 86 valence electrons. The van der Waals surface area contributed by atoms with Gasteiger partial charge < -0.3 is 14.7 Å². The molecule has 0 spiro atoms. The van der Waals surface area contributed by atoms with Crippen LogP contribution >= 0.6 is 11.8 Å². The van der Waals surface area contributed by atoms with E-state index in [2.05, 4.69) is 0 Å². The number of aliphatic hydroxyl groups excluding tert-OH is 1. The Morgan fingerprint density at radius 3 is 3.13 bits per heavy atom. The van der Waals surface area contributed by atoms with Gasteiger partial charge in [0.05, 0.1) is 31.1 Å². The molecule has 2 aliphatic rings. The standard InChI is InChI=1S/C10H17NO3S/c12-6-8-7-14-4-3-11(8)10(13)9-2-1-5-15-9/h8-9,12H,1-7H2. The fourth-order valence-corrected chi connectivity index (χ4v) is 3.28. The molecule has 1 N–H and O–H groups in total. The molecule has 5 heteroatoms. The fourth-order valence-electron chi connectivity index (χ4n) is 2.05. The van der Waals surface area contributed by atoms with Gasteiger partial charge in [0.25, 0.3) is 0 Å². The first-order chi connectivity index (χ1) is 7.33. The average molecular weight is 231 g/mol. The van der Waals surface area contributed by atoms with Crippen LogP contribution in [0.5, 0.6) is 0 Å². The molecule has 0 radical (unpaired) electrons. The molecule has 0 aromatic carbocycles. The van der Waals surface area contributed by atoms with Crippen LogP contribution in [-0.2, 0) is 9.53 Å². The van der Waals surface area contributed by atoms with E-state index < -0.39 is 0 Å². The molecule has 1 amide bonds. The molecule has 2 unspecified atom stereocenters. The lowest BCUT2D eigenvalue weighted by Gasteiger charge is -2.35. The molecule has 0 aliphatic carbocycles. The number of ether oxygens (including phenoxy) is 1. The molecular weight excluding hydrogens is 214 g/mol. The third kappa shape index (κ3) is 2.46. The van der Waals surface area contributed by atoms with Crippen LogP contribution in [0.1, 0.15) is 12.8 Å². The lowest BCUT2D eigenvalue weighted by Crippen LogP contribution is -2.52. The van der Waals surface area contributed by atoms with Crippen LogP contribution in [0.3, 0.4) is 0 Å². The summed E-state index contributed by atoms with van der Waals surface area (Å²) in [5.41, 5.74) is 0. The van der Waals surface area contributed by atoms with Crippen molar-refractivity contribution in [2.24, 2.45) is 0 Å². The van der Waals surface area contributed by atoms with Crippen molar-refractivity contribution >= 4 is 17.7 Å². The SMILES string of the molecule is O=C(C1CCCS1)N1CCOCC1CO. The second-order valence-corrected chi connectivity index (χ2v) is 5.26. The Morgan fingerprint density at radius 2 is 2.47 bits per heavy atom. The van der Waals surface area contributed by atoms with Crippen molar-refractivity contribution in [1.29, 1.82) is 0 Å². The molecule has 2 atom stereocenters. The summed E-state index contributed by atoms with van der Waals surface area (Å²) in [4.78, 5) is 13.9. The predicted molar refractivity (Wildman–Crippen MR) is 58.9 cm³/mol. The Morgan fingerprint density at radius 1 is 1.60 bits per heavy atom. The molecule has 0 saturated carbocycles. The van der Waals surface area contributed by atoms with Gasteiger partial charge in [0.1, 0.15) is 0 Å². The number of thioether (sulfide) groups is 1. The van der Waals surface area contributed by atoms with Gasteiger partial charge in [0.2, 0.25) is 5.91 Å². The highest BCUT2D eigenvalue weighted by atomic mass is 32.2. The molecule has 0 aromatic rings. The van der Waals surface area contributed by atoms with Crippen LogP contribution in [0.2, 0.25) is 0 Å². The number of hydrogen-bond acceptors (Lipinski definition) is 4. The van der Waals surface area contributed by atoms with E-state index in [4.69, 9.17) is 4.74 Å². The summed E-state index contributed by atoms with van der Waals surface area (Å²) in [6.07, 6.45) is 2.12. The third-order valence-electron chi connectivity index (χ3n) is 2.93. The fraction of sp³-hybridized carbons (Fsp3) is 0.900. The number of aliphatic hydroxyl groups is 1. The largest absolute Gasteiger partial charge is 0.394 e. The second-order valence-electron chi connectivity index (χ2n) is 3.94. The lowest BCUT2D eigenvalue weighted by atomic mass is 10.2. The monoisotopic (exact) mass is 231 g/mol. The maximum atomic E-state index is 12.1. The van der Waals surface area contributed by atoms with Crippen molar-refractivity contribution in [1.82, 2.24) is 4.90 Å². The van der Waals surface area contributed by atoms with E-state index in [0.29, 0.717) is 19.8 Å². The number of carbonyl (C=O) groups is 1. The minimum atomic E-state index is -0.132. The van der Waals surface area contributed by atoms with Crippen molar-refractivity contribution < 1.29 is 14.6 Å². The van der Waals surface area contributed by atoms with E-state index in [0.717, 1.165) is 18.6 Å². The Bertz CT molecular complexity index is 231. The van der Waals surface area contributed by atoms with Crippen molar-refractivity contribution in [2.75, 3.05) is 32.1 Å². The summed E-state index contributed by atoms with van der Waals surface area (Å²) in [7, 11) is 0. The highest BCUT2D eigenvalue weighted by molar-refractivity contribution is 8.00. The molecule has 2 fully saturated rings.